The number of rotatable bonds is 2. The van der Waals surface area contributed by atoms with Crippen LogP contribution in [0.15, 0.2) is 35.6 Å². The van der Waals surface area contributed by atoms with Gasteiger partial charge in [0.25, 0.3) is 0 Å². The van der Waals surface area contributed by atoms with Gasteiger partial charge in [-0.3, -0.25) is 4.79 Å². The Hall–Kier alpha value is -1.84. The van der Waals surface area contributed by atoms with Gasteiger partial charge in [0.15, 0.2) is 5.78 Å². The van der Waals surface area contributed by atoms with E-state index in [0.717, 1.165) is 0 Å². The van der Waals surface area contributed by atoms with Crippen molar-refractivity contribution < 1.29 is 19.4 Å². The van der Waals surface area contributed by atoms with Crippen LogP contribution in [0.1, 0.15) is 6.92 Å². The summed E-state index contributed by atoms with van der Waals surface area (Å²) in [7, 11) is 0. The molecule has 1 N–H and O–H groups in total. The third kappa shape index (κ3) is 1.58. The molecule has 2 unspecified atom stereocenters. The van der Waals surface area contributed by atoms with Gasteiger partial charge in [0.2, 0.25) is 5.76 Å². The van der Waals surface area contributed by atoms with Gasteiger partial charge in [-0.25, -0.2) is 4.79 Å². The summed E-state index contributed by atoms with van der Waals surface area (Å²) >= 11 is 0. The van der Waals surface area contributed by atoms with E-state index >= 15 is 0 Å². The Kier molecular flexibility index (Phi) is 2.19. The van der Waals surface area contributed by atoms with Crippen molar-refractivity contribution in [1.82, 2.24) is 0 Å². The maximum atomic E-state index is 11.3. The number of fused-ring (bicyclic) bond motifs is 1. The van der Waals surface area contributed by atoms with Gasteiger partial charge in [0.1, 0.15) is 6.10 Å². The molecule has 0 saturated carbocycles. The second-order valence-corrected chi connectivity index (χ2v) is 3.51. The lowest BCUT2D eigenvalue weighted by Crippen LogP contribution is -2.22. The van der Waals surface area contributed by atoms with Crippen LogP contribution in [0.3, 0.4) is 0 Å². The van der Waals surface area contributed by atoms with E-state index in [1.165, 1.54) is 13.0 Å². The van der Waals surface area contributed by atoms with Crippen LogP contribution in [0, 0.1) is 5.92 Å². The van der Waals surface area contributed by atoms with E-state index in [2.05, 4.69) is 0 Å². The van der Waals surface area contributed by atoms with Gasteiger partial charge in [-0.05, 0) is 19.1 Å². The Labute approximate surface area is 86.5 Å². The zero-order valence-corrected chi connectivity index (χ0v) is 8.14. The minimum absolute atomic E-state index is 0.0548. The van der Waals surface area contributed by atoms with E-state index in [1.54, 1.807) is 18.2 Å². The quantitative estimate of drug-likeness (QED) is 0.733. The van der Waals surface area contributed by atoms with Crippen LogP contribution in [0.5, 0.6) is 0 Å². The van der Waals surface area contributed by atoms with Crippen LogP contribution in [0.25, 0.3) is 0 Å². The molecule has 0 radical (unpaired) electrons. The fraction of sp³-hybridized carbons (Fsp3) is 0.273. The van der Waals surface area contributed by atoms with E-state index in [9.17, 15) is 9.59 Å². The number of carbonyl (C=O) groups is 2. The van der Waals surface area contributed by atoms with Crippen molar-refractivity contribution in [3.05, 3.63) is 35.6 Å². The molecule has 2 rings (SSSR count). The maximum absolute atomic E-state index is 11.3. The lowest BCUT2D eigenvalue weighted by atomic mass is 9.88. The number of carboxylic acid groups (broad SMARTS) is 1. The fourth-order valence-electron chi connectivity index (χ4n) is 1.80. The number of allylic oxidation sites excluding steroid dienone is 2. The first-order valence-corrected chi connectivity index (χ1v) is 4.60. The van der Waals surface area contributed by atoms with E-state index < -0.39 is 5.97 Å². The van der Waals surface area contributed by atoms with Crippen molar-refractivity contribution in [3.8, 4) is 0 Å². The molecule has 0 amide bonds. The molecule has 1 heterocycles. The Morgan fingerprint density at radius 3 is 2.80 bits per heavy atom. The number of carboxylic acids is 1. The SMILES string of the molecule is CC(=O)C1=CC=CC2OC(C(=O)O)=CC12. The monoisotopic (exact) mass is 206 g/mol. The van der Waals surface area contributed by atoms with Gasteiger partial charge in [-0.1, -0.05) is 12.2 Å². The minimum atomic E-state index is -1.10. The highest BCUT2D eigenvalue weighted by Crippen LogP contribution is 2.33. The van der Waals surface area contributed by atoms with Crippen molar-refractivity contribution in [3.63, 3.8) is 0 Å². The van der Waals surface area contributed by atoms with Crippen LogP contribution < -0.4 is 0 Å². The van der Waals surface area contributed by atoms with Crippen LogP contribution >= 0.6 is 0 Å². The van der Waals surface area contributed by atoms with Crippen LogP contribution in [-0.2, 0) is 14.3 Å². The van der Waals surface area contributed by atoms with Crippen LogP contribution in [-0.4, -0.2) is 23.0 Å². The maximum Gasteiger partial charge on any atom is 0.370 e. The normalized spacial score (nSPS) is 27.5. The summed E-state index contributed by atoms with van der Waals surface area (Å²) in [5.74, 6) is -1.48. The Morgan fingerprint density at radius 1 is 1.47 bits per heavy atom. The second-order valence-electron chi connectivity index (χ2n) is 3.51. The first-order valence-electron chi connectivity index (χ1n) is 4.60. The third-order valence-electron chi connectivity index (χ3n) is 2.50. The molecule has 78 valence electrons. The molecule has 0 aromatic carbocycles. The summed E-state index contributed by atoms with van der Waals surface area (Å²) < 4.78 is 5.19. The number of carbonyl (C=O) groups excluding carboxylic acids is 1. The fourth-order valence-corrected chi connectivity index (χ4v) is 1.80. The highest BCUT2D eigenvalue weighted by atomic mass is 16.5. The number of Topliss-reactive ketones (excluding diaryl/α,β-unsaturated/α-hetero) is 1. The number of hydrogen-bond donors (Lipinski definition) is 1. The molecule has 15 heavy (non-hydrogen) atoms. The highest BCUT2D eigenvalue weighted by Gasteiger charge is 2.35. The largest absolute Gasteiger partial charge is 0.478 e. The van der Waals surface area contributed by atoms with Crippen molar-refractivity contribution >= 4 is 11.8 Å². The summed E-state index contributed by atoms with van der Waals surface area (Å²) in [6.07, 6.45) is 6.32. The molecular weight excluding hydrogens is 196 g/mol. The van der Waals surface area contributed by atoms with E-state index in [1.807, 2.05) is 0 Å². The van der Waals surface area contributed by atoms with Crippen molar-refractivity contribution in [1.29, 1.82) is 0 Å². The first kappa shape index (κ1) is 9.71. The number of aliphatic carboxylic acids is 1. The summed E-state index contributed by atoms with van der Waals surface area (Å²) in [5.41, 5.74) is 0.596. The molecule has 0 bridgehead atoms. The molecule has 1 aliphatic carbocycles. The molecule has 4 heteroatoms. The van der Waals surface area contributed by atoms with Gasteiger partial charge in [0.05, 0.1) is 5.92 Å². The molecule has 0 aromatic rings. The minimum Gasteiger partial charge on any atom is -0.478 e. The number of ketones is 1. The summed E-state index contributed by atoms with van der Waals surface area (Å²) in [6, 6.07) is 0. The molecule has 2 atom stereocenters. The Bertz CT molecular complexity index is 414. The molecule has 2 aliphatic rings. The smallest absolute Gasteiger partial charge is 0.370 e. The predicted molar refractivity (Wildman–Crippen MR) is 52.0 cm³/mol. The number of hydrogen-bond acceptors (Lipinski definition) is 3. The topological polar surface area (TPSA) is 63.6 Å². The van der Waals surface area contributed by atoms with E-state index in [0.29, 0.717) is 5.57 Å². The zero-order valence-electron chi connectivity index (χ0n) is 8.14. The summed E-state index contributed by atoms with van der Waals surface area (Å²) in [6.45, 7) is 1.47. The van der Waals surface area contributed by atoms with Gasteiger partial charge >= 0.3 is 5.97 Å². The molecule has 1 aliphatic heterocycles. The van der Waals surface area contributed by atoms with Gasteiger partial charge in [-0.2, -0.15) is 0 Å². The number of ether oxygens (including phenoxy) is 1. The standard InChI is InChI=1S/C11H10O4/c1-6(12)7-3-2-4-9-8(7)5-10(15-9)11(13)14/h2-5,8-9H,1H3,(H,13,14). The molecule has 0 saturated heterocycles. The lowest BCUT2D eigenvalue weighted by molar-refractivity contribution is -0.136. The average Bonchev–Trinajstić information content (AvgIpc) is 2.60. The average molecular weight is 206 g/mol. The first-order chi connectivity index (χ1) is 7.09. The van der Waals surface area contributed by atoms with Crippen LogP contribution in [0.2, 0.25) is 0 Å². The van der Waals surface area contributed by atoms with E-state index in [-0.39, 0.29) is 23.6 Å². The van der Waals surface area contributed by atoms with E-state index in [4.69, 9.17) is 9.84 Å². The third-order valence-corrected chi connectivity index (χ3v) is 2.50. The summed E-state index contributed by atoms with van der Waals surface area (Å²) in [5, 5.41) is 8.76. The second kappa shape index (κ2) is 3.38. The summed E-state index contributed by atoms with van der Waals surface area (Å²) in [4.78, 5) is 22.0. The lowest BCUT2D eigenvalue weighted by Gasteiger charge is -2.19. The van der Waals surface area contributed by atoms with Crippen molar-refractivity contribution in [2.75, 3.05) is 0 Å². The van der Waals surface area contributed by atoms with Crippen molar-refractivity contribution in [2.45, 2.75) is 13.0 Å². The van der Waals surface area contributed by atoms with Gasteiger partial charge in [-0.15, -0.1) is 0 Å². The highest BCUT2D eigenvalue weighted by molar-refractivity contribution is 5.95. The molecule has 0 aromatic heterocycles. The zero-order chi connectivity index (χ0) is 11.0. The molecule has 0 fully saturated rings. The predicted octanol–water partition coefficient (Wildman–Crippen LogP) is 1.06. The Balaban J connectivity index is 2.32. The van der Waals surface area contributed by atoms with Gasteiger partial charge in [0, 0.05) is 5.57 Å². The molecule has 0 spiro atoms. The van der Waals surface area contributed by atoms with Crippen molar-refractivity contribution in [2.24, 2.45) is 5.92 Å². The van der Waals surface area contributed by atoms with Gasteiger partial charge < -0.3 is 9.84 Å². The molecular formula is C11H10O4. The van der Waals surface area contributed by atoms with Crippen LogP contribution in [0.4, 0.5) is 0 Å². The molecule has 4 nitrogen and oxygen atoms in total. The Morgan fingerprint density at radius 2 is 2.20 bits per heavy atom.